The summed E-state index contributed by atoms with van der Waals surface area (Å²) in [4.78, 5) is 0. The molecule has 170 valence electrons. The molecule has 0 N–H and O–H groups in total. The predicted molar refractivity (Wildman–Crippen MR) is 148 cm³/mol. The number of benzene rings is 4. The van der Waals surface area contributed by atoms with E-state index in [4.69, 9.17) is 0 Å². The maximum Gasteiger partial charge on any atom is 0.224 e. The minimum atomic E-state index is 0.614. The molecule has 3 aromatic heterocycles. The van der Waals surface area contributed by atoms with Gasteiger partial charge in [-0.1, -0.05) is 74.5 Å². The van der Waals surface area contributed by atoms with E-state index < -0.39 is 0 Å². The third-order valence-corrected chi connectivity index (χ3v) is 7.64. The van der Waals surface area contributed by atoms with E-state index in [1.54, 1.807) is 0 Å². The van der Waals surface area contributed by atoms with Crippen LogP contribution < -0.4 is 4.57 Å². The zero-order valence-electron chi connectivity index (χ0n) is 20.8. The Morgan fingerprint density at radius 1 is 0.800 bits per heavy atom. The Bertz CT molecular complexity index is 1910. The lowest BCUT2D eigenvalue weighted by Crippen LogP contribution is -2.29. The first-order valence-electron chi connectivity index (χ1n) is 12.6. The van der Waals surface area contributed by atoms with Crippen molar-refractivity contribution >= 4 is 49.0 Å². The van der Waals surface area contributed by atoms with Crippen LogP contribution in [-0.2, 0) is 13.5 Å². The van der Waals surface area contributed by atoms with Gasteiger partial charge in [0.15, 0.2) is 6.20 Å². The molecule has 0 aliphatic rings. The van der Waals surface area contributed by atoms with E-state index >= 15 is 0 Å². The highest BCUT2D eigenvalue weighted by molar-refractivity contribution is 6.27. The van der Waals surface area contributed by atoms with Crippen LogP contribution in [0.15, 0.2) is 85.1 Å². The molecule has 0 aliphatic heterocycles. The van der Waals surface area contributed by atoms with Crippen LogP contribution in [0, 0.1) is 12.8 Å². The highest BCUT2D eigenvalue weighted by Crippen LogP contribution is 2.43. The predicted octanol–water partition coefficient (Wildman–Crippen LogP) is 7.99. The van der Waals surface area contributed by atoms with Gasteiger partial charge in [-0.2, -0.15) is 0 Å². The van der Waals surface area contributed by atoms with Gasteiger partial charge in [-0.25, -0.2) is 4.57 Å². The van der Waals surface area contributed by atoms with Crippen molar-refractivity contribution in [1.29, 1.82) is 0 Å². The molecule has 7 aromatic rings. The Labute approximate surface area is 205 Å². The molecule has 7 rings (SSSR count). The highest BCUT2D eigenvalue weighted by atomic mass is 15.0. The summed E-state index contributed by atoms with van der Waals surface area (Å²) in [5.41, 5.74) is 10.6. The fourth-order valence-electron chi connectivity index (χ4n) is 6.27. The van der Waals surface area contributed by atoms with Gasteiger partial charge in [-0.15, -0.1) is 0 Å². The summed E-state index contributed by atoms with van der Waals surface area (Å²) in [7, 11) is 2.19. The third-order valence-electron chi connectivity index (χ3n) is 7.64. The van der Waals surface area contributed by atoms with Gasteiger partial charge < -0.3 is 4.40 Å². The molecule has 0 spiro atoms. The average molecular weight is 454 g/mol. The summed E-state index contributed by atoms with van der Waals surface area (Å²) >= 11 is 0. The van der Waals surface area contributed by atoms with Crippen LogP contribution >= 0.6 is 0 Å². The second kappa shape index (κ2) is 7.29. The number of pyridine rings is 2. The lowest BCUT2D eigenvalue weighted by Gasteiger charge is -2.15. The molecular weight excluding hydrogens is 424 g/mol. The Hall–Kier alpha value is -3.91. The monoisotopic (exact) mass is 453 g/mol. The van der Waals surface area contributed by atoms with E-state index in [0.717, 1.165) is 6.42 Å². The van der Waals surface area contributed by atoms with E-state index in [1.807, 2.05) is 0 Å². The summed E-state index contributed by atoms with van der Waals surface area (Å²) in [5.74, 6) is 0.614. The van der Waals surface area contributed by atoms with Gasteiger partial charge in [0.25, 0.3) is 0 Å². The van der Waals surface area contributed by atoms with Crippen molar-refractivity contribution in [2.45, 2.75) is 27.2 Å². The van der Waals surface area contributed by atoms with E-state index in [1.165, 1.54) is 71.3 Å². The summed E-state index contributed by atoms with van der Waals surface area (Å²) in [6, 6.07) is 29.4. The molecule has 0 amide bonds. The number of hydrogen-bond donors (Lipinski definition) is 0. The number of aryl methyl sites for hydroxylation is 2. The number of hydrogen-bond acceptors (Lipinski definition) is 0. The van der Waals surface area contributed by atoms with Gasteiger partial charge in [0.2, 0.25) is 5.52 Å². The van der Waals surface area contributed by atoms with Gasteiger partial charge in [0.05, 0.1) is 27.3 Å². The van der Waals surface area contributed by atoms with Crippen molar-refractivity contribution in [3.05, 3.63) is 96.2 Å². The zero-order chi connectivity index (χ0) is 23.8. The molecule has 4 aromatic carbocycles. The topological polar surface area (TPSA) is 8.29 Å². The van der Waals surface area contributed by atoms with Gasteiger partial charge in [-0.3, -0.25) is 0 Å². The lowest BCUT2D eigenvalue weighted by atomic mass is 9.95. The van der Waals surface area contributed by atoms with Crippen molar-refractivity contribution < 1.29 is 4.57 Å². The lowest BCUT2D eigenvalue weighted by molar-refractivity contribution is -0.643. The molecule has 0 aliphatic carbocycles. The largest absolute Gasteiger partial charge is 0.307 e. The first kappa shape index (κ1) is 20.5. The SMILES string of the molecule is Cc1ccc2c3c(-c4ccccc4)cccc3n3c4cc(CC(C)C)cc5cc[n+](C)c(c1c23)c54. The molecule has 0 saturated carbocycles. The number of fused-ring (bicyclic) bond motifs is 5. The number of rotatable bonds is 3. The molecule has 0 bridgehead atoms. The van der Waals surface area contributed by atoms with E-state index in [2.05, 4.69) is 122 Å². The number of nitrogens with zero attached hydrogens (tertiary/aromatic N) is 2. The first-order valence-corrected chi connectivity index (χ1v) is 12.6. The molecular formula is C33H29N2+. The molecule has 0 saturated heterocycles. The summed E-state index contributed by atoms with van der Waals surface area (Å²) < 4.78 is 4.87. The summed E-state index contributed by atoms with van der Waals surface area (Å²) in [6.45, 7) is 6.87. The van der Waals surface area contributed by atoms with E-state index in [9.17, 15) is 0 Å². The minimum Gasteiger partial charge on any atom is -0.307 e. The van der Waals surface area contributed by atoms with Crippen LogP contribution in [0.3, 0.4) is 0 Å². The van der Waals surface area contributed by atoms with E-state index in [-0.39, 0.29) is 0 Å². The Kier molecular flexibility index (Phi) is 4.26. The smallest absolute Gasteiger partial charge is 0.224 e. The average Bonchev–Trinajstić information content (AvgIpc) is 3.19. The molecule has 0 radical (unpaired) electrons. The van der Waals surface area contributed by atoms with Crippen molar-refractivity contribution in [3.63, 3.8) is 0 Å². The second-order valence-corrected chi connectivity index (χ2v) is 10.5. The quantitative estimate of drug-likeness (QED) is 0.146. The third kappa shape index (κ3) is 2.80. The molecule has 2 heteroatoms. The van der Waals surface area contributed by atoms with Crippen LogP contribution in [0.25, 0.3) is 60.1 Å². The van der Waals surface area contributed by atoms with Crippen molar-refractivity contribution in [3.8, 4) is 11.1 Å². The maximum absolute atomic E-state index is 2.55. The zero-order valence-corrected chi connectivity index (χ0v) is 20.8. The highest BCUT2D eigenvalue weighted by Gasteiger charge is 2.25. The van der Waals surface area contributed by atoms with Gasteiger partial charge in [-0.05, 0) is 59.0 Å². The van der Waals surface area contributed by atoms with Crippen LogP contribution in [0.1, 0.15) is 25.0 Å². The van der Waals surface area contributed by atoms with Gasteiger partial charge in [0, 0.05) is 16.8 Å². The standard InChI is InChI=1S/C33H29N2/c1-20(2)17-22-18-24-15-16-34(4)33-29-21(3)13-14-26-31-25(23-9-6-5-7-10-23)11-8-12-27(31)35(32(26)29)28(19-22)30(24)33/h5-16,18-20H,17H2,1-4H3/q+1. The Morgan fingerprint density at radius 2 is 1.63 bits per heavy atom. The second-order valence-electron chi connectivity index (χ2n) is 10.5. The fraction of sp³-hybridized carbons (Fsp3) is 0.182. The van der Waals surface area contributed by atoms with Crippen LogP contribution in [0.2, 0.25) is 0 Å². The maximum atomic E-state index is 2.55. The normalized spacial score (nSPS) is 12.4. The number of aromatic nitrogens is 2. The molecule has 0 unspecified atom stereocenters. The molecule has 35 heavy (non-hydrogen) atoms. The van der Waals surface area contributed by atoms with Crippen LogP contribution in [-0.4, -0.2) is 4.40 Å². The summed E-state index contributed by atoms with van der Waals surface area (Å²) in [5, 5.41) is 6.71. The van der Waals surface area contributed by atoms with E-state index in [0.29, 0.717) is 5.92 Å². The minimum absolute atomic E-state index is 0.614. The summed E-state index contributed by atoms with van der Waals surface area (Å²) in [6.07, 6.45) is 3.31. The fourth-order valence-corrected chi connectivity index (χ4v) is 6.27. The van der Waals surface area contributed by atoms with Crippen molar-refractivity contribution in [2.24, 2.45) is 13.0 Å². The van der Waals surface area contributed by atoms with Crippen molar-refractivity contribution in [1.82, 2.24) is 4.40 Å². The molecule has 3 heterocycles. The Balaban J connectivity index is 1.80. The van der Waals surface area contributed by atoms with Gasteiger partial charge >= 0.3 is 0 Å². The molecule has 0 fully saturated rings. The van der Waals surface area contributed by atoms with Crippen LogP contribution in [0.5, 0.6) is 0 Å². The van der Waals surface area contributed by atoms with Gasteiger partial charge in [0.1, 0.15) is 7.05 Å². The molecule has 2 nitrogen and oxygen atoms in total. The molecule has 0 atom stereocenters. The Morgan fingerprint density at radius 3 is 2.43 bits per heavy atom. The first-order chi connectivity index (χ1) is 17.0. The van der Waals surface area contributed by atoms with Crippen LogP contribution in [0.4, 0.5) is 0 Å². The van der Waals surface area contributed by atoms with Crippen molar-refractivity contribution in [2.75, 3.05) is 0 Å².